The second-order valence-corrected chi connectivity index (χ2v) is 17.8. The summed E-state index contributed by atoms with van der Waals surface area (Å²) in [4.78, 5) is 7.86. The number of benzene rings is 9. The number of hydrogen-bond acceptors (Lipinski definition) is 7. The zero-order valence-electron chi connectivity index (χ0n) is 37.7. The zero-order valence-corrected chi connectivity index (χ0v) is 37.7. The zero-order chi connectivity index (χ0) is 46.8. The molecule has 8 nitrogen and oxygen atoms in total. The van der Waals surface area contributed by atoms with Crippen LogP contribution >= 0.6 is 0 Å². The first-order valence-corrected chi connectivity index (χ1v) is 22.5. The Kier molecular flexibility index (Phi) is 9.90. The number of rotatable bonds is 8. The average Bonchev–Trinajstić information content (AvgIpc) is 3.93. The third-order valence-electron chi connectivity index (χ3n) is 13.0. The van der Waals surface area contributed by atoms with Crippen molar-refractivity contribution in [2.75, 3.05) is 9.80 Å². The van der Waals surface area contributed by atoms with Crippen molar-refractivity contribution in [1.29, 1.82) is 15.8 Å². The lowest BCUT2D eigenvalue weighted by Crippen LogP contribution is -2.09. The molecule has 0 N–H and O–H groups in total. The Morgan fingerprint density at radius 1 is 0.426 bits per heavy atom. The number of nitrogens with zero attached hydrogens (tertiary/aromatic N) is 6. The van der Waals surface area contributed by atoms with Crippen molar-refractivity contribution in [2.24, 2.45) is 0 Å². The van der Waals surface area contributed by atoms with Gasteiger partial charge in [0.1, 0.15) is 11.2 Å². The molecule has 0 spiro atoms. The van der Waals surface area contributed by atoms with Crippen molar-refractivity contribution in [3.63, 3.8) is 0 Å². The first kappa shape index (κ1) is 41.4. The summed E-state index contributed by atoms with van der Waals surface area (Å²) in [5, 5.41) is 36.9. The fourth-order valence-electron chi connectivity index (χ4n) is 9.88. The van der Waals surface area contributed by atoms with Gasteiger partial charge in [0.05, 0.1) is 41.5 Å². The number of anilines is 6. The standard InChI is InChI=1S/C60H40N6O2/c1-35(2)55-56(36(3)4)58-52-29-41-13-23-50(66(47-20-10-39(34-63)11-21-47)48-24-14-44(64-5)15-25-48)27-43(41)31-54(52)68-60(58)59-57(55)51-28-40-12-22-49(26-42(40)30-53(51)67-59)65(45-16-6-37(32-61)7-17-45)46-18-8-38(33-62)9-19-46/h6-31,35-36H,1-4H3. The van der Waals surface area contributed by atoms with Gasteiger partial charge in [-0.1, -0.05) is 52.0 Å². The molecular weight excluding hydrogens is 837 g/mol. The van der Waals surface area contributed by atoms with Crippen LogP contribution in [-0.2, 0) is 0 Å². The van der Waals surface area contributed by atoms with Crippen molar-refractivity contribution in [2.45, 2.75) is 39.5 Å². The average molecular weight is 877 g/mol. The molecular formula is C60H40N6O2. The first-order chi connectivity index (χ1) is 33.1. The maximum atomic E-state index is 9.54. The maximum absolute atomic E-state index is 9.54. The molecule has 0 aliphatic carbocycles. The predicted octanol–water partition coefficient (Wildman–Crippen LogP) is 17.1. The highest BCUT2D eigenvalue weighted by molar-refractivity contribution is 6.24. The highest BCUT2D eigenvalue weighted by Gasteiger charge is 2.28. The predicted molar refractivity (Wildman–Crippen MR) is 274 cm³/mol. The summed E-state index contributed by atoms with van der Waals surface area (Å²) in [5.41, 5.74) is 13.2. The third kappa shape index (κ3) is 6.80. The maximum Gasteiger partial charge on any atom is 0.187 e. The second kappa shape index (κ2) is 16.3. The molecule has 0 aliphatic heterocycles. The molecule has 2 aromatic heterocycles. The van der Waals surface area contributed by atoms with Gasteiger partial charge in [-0.25, -0.2) is 4.85 Å². The SMILES string of the molecule is [C-]#[N+]c1ccc(N(c2ccc(C#N)cc2)c2ccc3cc4c(cc3c2)oc2c3oc5cc6cc(N(c7ccc(C#N)cc7)c7ccc(C#N)cc7)ccc6cc5c3c(C(C)C)c(C(C)C)c42)cc1. The van der Waals surface area contributed by atoms with Crippen molar-refractivity contribution >= 4 is 105 Å². The highest BCUT2D eigenvalue weighted by Crippen LogP contribution is 2.50. The molecule has 0 saturated heterocycles. The molecule has 0 saturated carbocycles. The minimum Gasteiger partial charge on any atom is -0.452 e. The Labute approximate surface area is 392 Å². The summed E-state index contributed by atoms with van der Waals surface area (Å²) in [7, 11) is 0. The summed E-state index contributed by atoms with van der Waals surface area (Å²) in [6.45, 7) is 16.5. The largest absolute Gasteiger partial charge is 0.452 e. The van der Waals surface area contributed by atoms with Crippen LogP contribution in [0.1, 0.15) is 67.3 Å². The van der Waals surface area contributed by atoms with Gasteiger partial charge in [-0.05, 0) is 178 Å². The van der Waals surface area contributed by atoms with Crippen LogP contribution in [0.25, 0.3) is 70.3 Å². The molecule has 0 amide bonds. The lowest BCUT2D eigenvalue weighted by molar-refractivity contribution is 0.632. The van der Waals surface area contributed by atoms with Gasteiger partial charge < -0.3 is 18.6 Å². The van der Waals surface area contributed by atoms with Gasteiger partial charge in [-0.3, -0.25) is 0 Å². The van der Waals surface area contributed by atoms with Gasteiger partial charge in [0, 0.05) is 55.7 Å². The van der Waals surface area contributed by atoms with Gasteiger partial charge in [-0.2, -0.15) is 15.8 Å². The summed E-state index contributed by atoms with van der Waals surface area (Å²) in [6, 6.07) is 58.3. The third-order valence-corrected chi connectivity index (χ3v) is 13.0. The second-order valence-electron chi connectivity index (χ2n) is 17.8. The van der Waals surface area contributed by atoms with Crippen LogP contribution in [0.15, 0.2) is 167 Å². The summed E-state index contributed by atoms with van der Waals surface area (Å²) in [6.07, 6.45) is 0. The number of furan rings is 2. The molecule has 8 heteroatoms. The van der Waals surface area contributed by atoms with Gasteiger partial charge in [0.25, 0.3) is 0 Å². The molecule has 0 unspecified atom stereocenters. The summed E-state index contributed by atoms with van der Waals surface area (Å²) >= 11 is 0. The van der Waals surface area contributed by atoms with E-state index < -0.39 is 0 Å². The molecule has 11 rings (SSSR count). The number of nitriles is 3. The van der Waals surface area contributed by atoms with Crippen LogP contribution in [0.3, 0.4) is 0 Å². The Hall–Kier alpha value is -9.34. The number of fused-ring (bicyclic) bond motifs is 9. The van der Waals surface area contributed by atoms with Crippen molar-refractivity contribution in [1.82, 2.24) is 0 Å². The lowest BCUT2D eigenvalue weighted by Gasteiger charge is -2.26. The van der Waals surface area contributed by atoms with Gasteiger partial charge in [-0.15, -0.1) is 0 Å². The fraction of sp³-hybridized carbons (Fsp3) is 0.100. The van der Waals surface area contributed by atoms with E-state index in [1.54, 1.807) is 0 Å². The smallest absolute Gasteiger partial charge is 0.187 e. The van der Waals surface area contributed by atoms with Crippen molar-refractivity contribution in [3.05, 3.63) is 197 Å². The van der Waals surface area contributed by atoms with Crippen LogP contribution in [0.5, 0.6) is 0 Å². The van der Waals surface area contributed by atoms with Crippen molar-refractivity contribution in [3.8, 4) is 18.2 Å². The van der Waals surface area contributed by atoms with Crippen LogP contribution in [0.2, 0.25) is 0 Å². The summed E-state index contributed by atoms with van der Waals surface area (Å²) < 4.78 is 14.0. The number of hydrogen-bond donors (Lipinski definition) is 0. The van der Waals surface area contributed by atoms with Crippen LogP contribution in [0, 0.1) is 40.6 Å². The molecule has 68 heavy (non-hydrogen) atoms. The molecule has 2 heterocycles. The van der Waals surface area contributed by atoms with E-state index in [9.17, 15) is 15.8 Å². The Morgan fingerprint density at radius 2 is 0.765 bits per heavy atom. The summed E-state index contributed by atoms with van der Waals surface area (Å²) in [5.74, 6) is 0.355. The van der Waals surface area contributed by atoms with Gasteiger partial charge in [0.2, 0.25) is 0 Å². The van der Waals surface area contributed by atoms with Crippen LogP contribution in [-0.4, -0.2) is 0 Å². The topological polar surface area (TPSA) is 108 Å². The van der Waals surface area contributed by atoms with E-state index in [2.05, 4.69) is 121 Å². The Balaban J connectivity index is 1.09. The minimum absolute atomic E-state index is 0.177. The minimum atomic E-state index is 0.177. The van der Waals surface area contributed by atoms with Crippen LogP contribution in [0.4, 0.5) is 39.8 Å². The highest BCUT2D eigenvalue weighted by atomic mass is 16.4. The normalized spacial score (nSPS) is 11.4. The van der Waals surface area contributed by atoms with E-state index in [1.807, 2.05) is 97.1 Å². The molecule has 0 atom stereocenters. The fourth-order valence-corrected chi connectivity index (χ4v) is 9.88. The molecule has 0 aliphatic rings. The van der Waals surface area contributed by atoms with Crippen molar-refractivity contribution < 1.29 is 8.83 Å². The quantitative estimate of drug-likeness (QED) is 0.140. The Morgan fingerprint density at radius 3 is 1.09 bits per heavy atom. The molecule has 322 valence electrons. The molecule has 0 bridgehead atoms. The van der Waals surface area contributed by atoms with Crippen LogP contribution < -0.4 is 9.80 Å². The molecule has 0 fully saturated rings. The molecule has 11 aromatic rings. The molecule has 9 aromatic carbocycles. The van der Waals surface area contributed by atoms with E-state index in [4.69, 9.17) is 15.4 Å². The van der Waals surface area contributed by atoms with Gasteiger partial charge >= 0.3 is 0 Å². The molecule has 0 radical (unpaired) electrons. The first-order valence-electron chi connectivity index (χ1n) is 22.5. The monoisotopic (exact) mass is 876 g/mol. The van der Waals surface area contributed by atoms with E-state index in [-0.39, 0.29) is 11.8 Å². The van der Waals surface area contributed by atoms with Gasteiger partial charge in [0.15, 0.2) is 16.9 Å². The van der Waals surface area contributed by atoms with E-state index in [0.717, 1.165) is 99.5 Å². The Bertz CT molecular complexity index is 3620. The lowest BCUT2D eigenvalue weighted by atomic mass is 9.84. The van der Waals surface area contributed by atoms with E-state index in [1.165, 1.54) is 11.1 Å². The van der Waals surface area contributed by atoms with E-state index in [0.29, 0.717) is 22.4 Å². The van der Waals surface area contributed by atoms with E-state index >= 15 is 0 Å².